The maximum atomic E-state index is 12.6. The van der Waals surface area contributed by atoms with E-state index in [9.17, 15) is 9.90 Å². The predicted molar refractivity (Wildman–Crippen MR) is 77.1 cm³/mol. The standard InChI is InChI=1S/C16H22N2O2/c1-11(19)14-6-7-18(10-14)16(20)15-8-12-4-2-3-5-13(12)9-17-15/h2-5,11,14-15,17,19H,6-10H2,1H3/t11?,14?,15-/m1/s1. The average Bonchev–Trinajstić information content (AvgIpc) is 2.96. The summed E-state index contributed by atoms with van der Waals surface area (Å²) in [5.41, 5.74) is 2.57. The number of hydrogen-bond donors (Lipinski definition) is 2. The number of aliphatic hydroxyl groups excluding tert-OH is 1. The number of hydrogen-bond acceptors (Lipinski definition) is 3. The minimum atomic E-state index is -0.326. The molecule has 2 heterocycles. The number of carbonyl (C=O) groups excluding carboxylic acids is 1. The van der Waals surface area contributed by atoms with Gasteiger partial charge in [0.05, 0.1) is 12.1 Å². The van der Waals surface area contributed by atoms with Gasteiger partial charge in [-0.1, -0.05) is 24.3 Å². The van der Waals surface area contributed by atoms with Gasteiger partial charge in [-0.05, 0) is 30.9 Å². The van der Waals surface area contributed by atoms with Crippen molar-refractivity contribution < 1.29 is 9.90 Å². The Morgan fingerprint density at radius 3 is 2.85 bits per heavy atom. The van der Waals surface area contributed by atoms with Crippen LogP contribution in [0.3, 0.4) is 0 Å². The van der Waals surface area contributed by atoms with Crippen LogP contribution in [-0.2, 0) is 17.8 Å². The summed E-state index contributed by atoms with van der Waals surface area (Å²) in [6.07, 6.45) is 1.35. The molecule has 0 aromatic heterocycles. The summed E-state index contributed by atoms with van der Waals surface area (Å²) in [6.45, 7) is 4.04. The molecule has 2 N–H and O–H groups in total. The van der Waals surface area contributed by atoms with E-state index in [2.05, 4.69) is 17.4 Å². The second-order valence-corrected chi connectivity index (χ2v) is 5.98. The summed E-state index contributed by atoms with van der Waals surface area (Å²) in [6, 6.07) is 8.18. The summed E-state index contributed by atoms with van der Waals surface area (Å²) in [4.78, 5) is 14.5. The van der Waals surface area contributed by atoms with Crippen LogP contribution in [0.25, 0.3) is 0 Å². The summed E-state index contributed by atoms with van der Waals surface area (Å²) in [7, 11) is 0. The lowest BCUT2D eigenvalue weighted by molar-refractivity contribution is -0.132. The highest BCUT2D eigenvalue weighted by molar-refractivity contribution is 5.82. The molecule has 1 aromatic carbocycles. The Bertz CT molecular complexity index is 501. The lowest BCUT2D eigenvalue weighted by Gasteiger charge is -2.29. The number of rotatable bonds is 2. The lowest BCUT2D eigenvalue weighted by atomic mass is 9.95. The molecule has 3 rings (SSSR count). The molecule has 4 heteroatoms. The molecule has 20 heavy (non-hydrogen) atoms. The molecular weight excluding hydrogens is 252 g/mol. The molecule has 0 bridgehead atoms. The van der Waals surface area contributed by atoms with Gasteiger partial charge in [0, 0.05) is 25.6 Å². The Labute approximate surface area is 119 Å². The Hall–Kier alpha value is -1.39. The molecule has 2 aliphatic rings. The normalized spacial score (nSPS) is 27.2. The topological polar surface area (TPSA) is 52.6 Å². The van der Waals surface area contributed by atoms with Gasteiger partial charge in [0.25, 0.3) is 0 Å². The minimum absolute atomic E-state index is 0.113. The minimum Gasteiger partial charge on any atom is -0.393 e. The zero-order valence-electron chi connectivity index (χ0n) is 11.9. The van der Waals surface area contributed by atoms with Gasteiger partial charge in [0.1, 0.15) is 0 Å². The highest BCUT2D eigenvalue weighted by Gasteiger charge is 2.33. The third-order valence-electron chi connectivity index (χ3n) is 4.60. The maximum Gasteiger partial charge on any atom is 0.240 e. The zero-order chi connectivity index (χ0) is 14.1. The van der Waals surface area contributed by atoms with Crippen molar-refractivity contribution in [2.24, 2.45) is 5.92 Å². The summed E-state index contributed by atoms with van der Waals surface area (Å²) in [5, 5.41) is 13.0. The van der Waals surface area contributed by atoms with Crippen molar-refractivity contribution in [1.29, 1.82) is 0 Å². The first-order valence-corrected chi connectivity index (χ1v) is 7.42. The van der Waals surface area contributed by atoms with Crippen LogP contribution in [0, 0.1) is 5.92 Å². The average molecular weight is 274 g/mol. The van der Waals surface area contributed by atoms with Gasteiger partial charge in [-0.3, -0.25) is 4.79 Å². The molecule has 0 aliphatic carbocycles. The van der Waals surface area contributed by atoms with Crippen LogP contribution in [0.15, 0.2) is 24.3 Å². The molecule has 1 fully saturated rings. The monoisotopic (exact) mass is 274 g/mol. The van der Waals surface area contributed by atoms with E-state index >= 15 is 0 Å². The first kappa shape index (κ1) is 13.6. The SMILES string of the molecule is CC(O)C1CCN(C(=O)[C@H]2Cc3ccccc3CN2)C1. The van der Waals surface area contributed by atoms with Gasteiger partial charge in [-0.2, -0.15) is 0 Å². The molecule has 0 saturated carbocycles. The van der Waals surface area contributed by atoms with Crippen molar-refractivity contribution in [3.05, 3.63) is 35.4 Å². The van der Waals surface area contributed by atoms with Crippen LogP contribution < -0.4 is 5.32 Å². The molecule has 3 atom stereocenters. The smallest absolute Gasteiger partial charge is 0.240 e. The van der Waals surface area contributed by atoms with E-state index in [1.165, 1.54) is 11.1 Å². The van der Waals surface area contributed by atoms with Gasteiger partial charge < -0.3 is 15.3 Å². The summed E-state index contributed by atoms with van der Waals surface area (Å²) < 4.78 is 0. The van der Waals surface area contributed by atoms with E-state index in [1.807, 2.05) is 24.0 Å². The number of nitrogens with zero attached hydrogens (tertiary/aromatic N) is 1. The number of likely N-dealkylation sites (tertiary alicyclic amines) is 1. The quantitative estimate of drug-likeness (QED) is 0.843. The van der Waals surface area contributed by atoms with Crippen LogP contribution in [0.5, 0.6) is 0 Å². The molecule has 2 aliphatic heterocycles. The highest BCUT2D eigenvalue weighted by atomic mass is 16.3. The number of amides is 1. The van der Waals surface area contributed by atoms with Crippen molar-refractivity contribution in [3.63, 3.8) is 0 Å². The Balaban J connectivity index is 1.65. The Morgan fingerprint density at radius 2 is 2.15 bits per heavy atom. The number of nitrogens with one attached hydrogen (secondary N) is 1. The largest absolute Gasteiger partial charge is 0.393 e. The van der Waals surface area contributed by atoms with E-state index in [-0.39, 0.29) is 24.0 Å². The lowest BCUT2D eigenvalue weighted by Crippen LogP contribution is -2.49. The zero-order valence-corrected chi connectivity index (χ0v) is 11.9. The van der Waals surface area contributed by atoms with E-state index in [0.29, 0.717) is 6.54 Å². The van der Waals surface area contributed by atoms with Gasteiger partial charge >= 0.3 is 0 Å². The molecule has 0 radical (unpaired) electrons. The third-order valence-corrected chi connectivity index (χ3v) is 4.60. The van der Waals surface area contributed by atoms with Crippen molar-refractivity contribution in [2.75, 3.05) is 13.1 Å². The number of aliphatic hydroxyl groups is 1. The maximum absolute atomic E-state index is 12.6. The van der Waals surface area contributed by atoms with Crippen molar-refractivity contribution in [2.45, 2.75) is 38.5 Å². The van der Waals surface area contributed by atoms with Crippen LogP contribution in [-0.4, -0.2) is 41.1 Å². The molecule has 1 saturated heterocycles. The summed E-state index contributed by atoms with van der Waals surface area (Å²) >= 11 is 0. The molecular formula is C16H22N2O2. The van der Waals surface area contributed by atoms with Gasteiger partial charge in [-0.15, -0.1) is 0 Å². The van der Waals surface area contributed by atoms with Crippen molar-refractivity contribution >= 4 is 5.91 Å². The van der Waals surface area contributed by atoms with Gasteiger partial charge in [0.15, 0.2) is 0 Å². The number of benzene rings is 1. The van der Waals surface area contributed by atoms with Crippen molar-refractivity contribution in [1.82, 2.24) is 10.2 Å². The Morgan fingerprint density at radius 1 is 1.40 bits per heavy atom. The second-order valence-electron chi connectivity index (χ2n) is 5.98. The van der Waals surface area contributed by atoms with Crippen LogP contribution in [0.4, 0.5) is 0 Å². The molecule has 108 valence electrons. The second kappa shape index (κ2) is 5.54. The number of fused-ring (bicyclic) bond motifs is 1. The fourth-order valence-electron chi connectivity index (χ4n) is 3.23. The third kappa shape index (κ3) is 2.58. The highest BCUT2D eigenvalue weighted by Crippen LogP contribution is 2.23. The molecule has 1 aromatic rings. The first-order valence-electron chi connectivity index (χ1n) is 7.42. The van der Waals surface area contributed by atoms with Gasteiger partial charge in [-0.25, -0.2) is 0 Å². The van der Waals surface area contributed by atoms with Crippen LogP contribution >= 0.6 is 0 Å². The molecule has 1 amide bonds. The van der Waals surface area contributed by atoms with Crippen molar-refractivity contribution in [3.8, 4) is 0 Å². The van der Waals surface area contributed by atoms with E-state index in [4.69, 9.17) is 0 Å². The fraction of sp³-hybridized carbons (Fsp3) is 0.562. The fourth-order valence-corrected chi connectivity index (χ4v) is 3.23. The molecule has 0 spiro atoms. The van der Waals surface area contributed by atoms with E-state index in [1.54, 1.807) is 0 Å². The Kier molecular flexibility index (Phi) is 3.76. The predicted octanol–water partition coefficient (Wildman–Crippen LogP) is 0.930. The van der Waals surface area contributed by atoms with Gasteiger partial charge in [0.2, 0.25) is 5.91 Å². The van der Waals surface area contributed by atoms with Crippen LogP contribution in [0.1, 0.15) is 24.5 Å². The summed E-state index contributed by atoms with van der Waals surface area (Å²) in [5.74, 6) is 0.414. The first-order chi connectivity index (χ1) is 9.65. The van der Waals surface area contributed by atoms with E-state index < -0.39 is 0 Å². The molecule has 2 unspecified atom stereocenters. The molecule has 4 nitrogen and oxygen atoms in total. The number of carbonyl (C=O) groups is 1. The van der Waals surface area contributed by atoms with E-state index in [0.717, 1.165) is 25.9 Å². The van der Waals surface area contributed by atoms with Crippen LogP contribution in [0.2, 0.25) is 0 Å².